The highest BCUT2D eigenvalue weighted by atomic mass is 19.4. The number of imidazole rings is 1. The zero-order chi connectivity index (χ0) is 23.0. The monoisotopic (exact) mass is 450 g/mol. The van der Waals surface area contributed by atoms with Crippen molar-refractivity contribution in [3.8, 4) is 0 Å². The van der Waals surface area contributed by atoms with Crippen molar-refractivity contribution in [1.29, 1.82) is 0 Å². The molecule has 0 radical (unpaired) electrons. The first-order chi connectivity index (χ1) is 15.9. The molecule has 0 saturated carbocycles. The summed E-state index contributed by atoms with van der Waals surface area (Å²) in [6.07, 6.45) is -4.58. The quantitative estimate of drug-likeness (QED) is 0.419. The highest BCUT2D eigenvalue weighted by molar-refractivity contribution is 5.81. The summed E-state index contributed by atoms with van der Waals surface area (Å²) in [5, 5.41) is 11.1. The molecule has 0 spiro atoms. The summed E-state index contributed by atoms with van der Waals surface area (Å²) in [6, 6.07) is 20.6. The lowest BCUT2D eigenvalue weighted by molar-refractivity contribution is -0.144. The molecule has 0 aliphatic heterocycles. The van der Waals surface area contributed by atoms with Gasteiger partial charge in [0.25, 0.3) is 0 Å². The van der Waals surface area contributed by atoms with E-state index in [1.165, 1.54) is 10.7 Å². The van der Waals surface area contributed by atoms with Crippen LogP contribution in [0.5, 0.6) is 0 Å². The summed E-state index contributed by atoms with van der Waals surface area (Å²) >= 11 is 0. The van der Waals surface area contributed by atoms with Crippen LogP contribution < -0.4 is 5.32 Å². The third-order valence-corrected chi connectivity index (χ3v) is 5.26. The molecule has 7 nitrogen and oxygen atoms in total. The Kier molecular flexibility index (Phi) is 5.04. The van der Waals surface area contributed by atoms with Gasteiger partial charge in [0.05, 0.1) is 22.6 Å². The molecule has 33 heavy (non-hydrogen) atoms. The standard InChI is InChI=1S/C23H17F3N6O/c24-23(25,26)22-27-16-11-10-15(12-18(16)28-22)21(14-6-2-1-3-7-14)29-20(33)13-32-19-9-5-4-8-17(19)30-31-32/h1-12,21H,13H2,(H,27,28)(H,29,33). The molecule has 10 heteroatoms. The van der Waals surface area contributed by atoms with Crippen molar-refractivity contribution in [2.45, 2.75) is 18.8 Å². The van der Waals surface area contributed by atoms with Gasteiger partial charge in [0.15, 0.2) is 0 Å². The number of fused-ring (bicyclic) bond motifs is 2. The van der Waals surface area contributed by atoms with Crippen LogP contribution in [0.2, 0.25) is 0 Å². The minimum absolute atomic E-state index is 0.0611. The number of H-pyrrole nitrogens is 1. The Morgan fingerprint density at radius 1 is 0.970 bits per heavy atom. The van der Waals surface area contributed by atoms with Gasteiger partial charge in [-0.25, -0.2) is 9.67 Å². The van der Waals surface area contributed by atoms with Gasteiger partial charge in [0.2, 0.25) is 11.7 Å². The van der Waals surface area contributed by atoms with Gasteiger partial charge in [0, 0.05) is 0 Å². The lowest BCUT2D eigenvalue weighted by Crippen LogP contribution is -2.32. The predicted molar refractivity (Wildman–Crippen MR) is 115 cm³/mol. The van der Waals surface area contributed by atoms with Crippen molar-refractivity contribution in [1.82, 2.24) is 30.3 Å². The molecule has 2 heterocycles. The summed E-state index contributed by atoms with van der Waals surface area (Å²) < 4.78 is 40.6. The highest BCUT2D eigenvalue weighted by Gasteiger charge is 2.34. The van der Waals surface area contributed by atoms with E-state index < -0.39 is 18.0 Å². The van der Waals surface area contributed by atoms with E-state index in [-0.39, 0.29) is 23.5 Å². The molecule has 0 bridgehead atoms. The first-order valence-electron chi connectivity index (χ1n) is 10.1. The molecule has 3 aromatic carbocycles. The minimum Gasteiger partial charge on any atom is -0.344 e. The van der Waals surface area contributed by atoms with E-state index in [4.69, 9.17) is 0 Å². The molecule has 1 amide bonds. The average Bonchev–Trinajstić information content (AvgIpc) is 3.42. The van der Waals surface area contributed by atoms with Crippen molar-refractivity contribution in [3.05, 3.63) is 89.7 Å². The molecule has 0 fully saturated rings. The van der Waals surface area contributed by atoms with Gasteiger partial charge in [-0.15, -0.1) is 5.10 Å². The number of nitrogens with one attached hydrogen (secondary N) is 2. The SMILES string of the molecule is O=C(Cn1nnc2ccccc21)NC(c1ccccc1)c1ccc2nc(C(F)(F)F)[nH]c2c1. The average molecular weight is 450 g/mol. The topological polar surface area (TPSA) is 88.5 Å². The number of rotatable bonds is 5. The largest absolute Gasteiger partial charge is 0.449 e. The Labute approximate surface area is 185 Å². The number of alkyl halides is 3. The molecular weight excluding hydrogens is 433 g/mol. The van der Waals surface area contributed by atoms with Gasteiger partial charge < -0.3 is 10.3 Å². The summed E-state index contributed by atoms with van der Waals surface area (Å²) in [4.78, 5) is 18.9. The third kappa shape index (κ3) is 4.14. The Bertz CT molecular complexity index is 1440. The molecule has 1 unspecified atom stereocenters. The van der Waals surface area contributed by atoms with Crippen LogP contribution in [-0.2, 0) is 17.5 Å². The highest BCUT2D eigenvalue weighted by Crippen LogP contribution is 2.30. The van der Waals surface area contributed by atoms with E-state index in [2.05, 4.69) is 25.6 Å². The van der Waals surface area contributed by atoms with Crippen LogP contribution in [0.3, 0.4) is 0 Å². The number of para-hydroxylation sites is 1. The molecule has 1 atom stereocenters. The normalized spacial score (nSPS) is 12.8. The molecule has 0 saturated heterocycles. The fourth-order valence-corrected chi connectivity index (χ4v) is 3.72. The maximum absolute atomic E-state index is 13.0. The molecule has 2 aromatic heterocycles. The van der Waals surface area contributed by atoms with E-state index in [1.807, 2.05) is 48.5 Å². The van der Waals surface area contributed by atoms with Gasteiger partial charge in [-0.2, -0.15) is 13.2 Å². The molecule has 2 N–H and O–H groups in total. The summed E-state index contributed by atoms with van der Waals surface area (Å²) in [5.74, 6) is -1.38. The van der Waals surface area contributed by atoms with E-state index in [0.29, 0.717) is 11.1 Å². The zero-order valence-electron chi connectivity index (χ0n) is 17.0. The van der Waals surface area contributed by atoms with E-state index in [9.17, 15) is 18.0 Å². The van der Waals surface area contributed by atoms with Crippen molar-refractivity contribution < 1.29 is 18.0 Å². The van der Waals surface area contributed by atoms with Crippen molar-refractivity contribution in [2.75, 3.05) is 0 Å². The van der Waals surface area contributed by atoms with Crippen LogP contribution in [0.15, 0.2) is 72.8 Å². The molecule has 0 aliphatic carbocycles. The number of aromatic amines is 1. The number of hydrogen-bond acceptors (Lipinski definition) is 4. The van der Waals surface area contributed by atoms with Crippen LogP contribution in [-0.4, -0.2) is 30.9 Å². The zero-order valence-corrected chi connectivity index (χ0v) is 17.0. The molecule has 5 aromatic rings. The minimum atomic E-state index is -4.58. The van der Waals surface area contributed by atoms with E-state index in [0.717, 1.165) is 11.1 Å². The fraction of sp³-hybridized carbons (Fsp3) is 0.130. The Hall–Kier alpha value is -4.21. The lowest BCUT2D eigenvalue weighted by Gasteiger charge is -2.20. The van der Waals surface area contributed by atoms with Crippen molar-refractivity contribution in [3.63, 3.8) is 0 Å². The fourth-order valence-electron chi connectivity index (χ4n) is 3.72. The van der Waals surface area contributed by atoms with Crippen molar-refractivity contribution >= 4 is 28.0 Å². The number of nitrogens with zero attached hydrogens (tertiary/aromatic N) is 4. The molecule has 166 valence electrons. The molecular formula is C23H17F3N6O. The third-order valence-electron chi connectivity index (χ3n) is 5.26. The number of carbonyl (C=O) groups is 1. The van der Waals surface area contributed by atoms with Gasteiger partial charge >= 0.3 is 6.18 Å². The summed E-state index contributed by atoms with van der Waals surface area (Å²) in [7, 11) is 0. The van der Waals surface area contributed by atoms with Crippen LogP contribution >= 0.6 is 0 Å². The Morgan fingerprint density at radius 2 is 1.73 bits per heavy atom. The number of benzene rings is 3. The molecule has 5 rings (SSSR count). The second-order valence-corrected chi connectivity index (χ2v) is 7.51. The van der Waals surface area contributed by atoms with Crippen LogP contribution in [0, 0.1) is 0 Å². The van der Waals surface area contributed by atoms with Gasteiger partial charge in [0.1, 0.15) is 12.1 Å². The van der Waals surface area contributed by atoms with Crippen LogP contribution in [0.1, 0.15) is 23.0 Å². The number of halogens is 3. The van der Waals surface area contributed by atoms with E-state index in [1.54, 1.807) is 18.2 Å². The van der Waals surface area contributed by atoms with E-state index >= 15 is 0 Å². The molecule has 0 aliphatic rings. The van der Waals surface area contributed by atoms with Crippen LogP contribution in [0.25, 0.3) is 22.1 Å². The van der Waals surface area contributed by atoms with Gasteiger partial charge in [-0.1, -0.05) is 53.7 Å². The first-order valence-corrected chi connectivity index (χ1v) is 10.1. The maximum atomic E-state index is 13.0. The Balaban J connectivity index is 1.47. The van der Waals surface area contributed by atoms with Gasteiger partial charge in [-0.3, -0.25) is 4.79 Å². The summed E-state index contributed by atoms with van der Waals surface area (Å²) in [5.41, 5.74) is 3.22. The second kappa shape index (κ2) is 8.05. The first kappa shape index (κ1) is 20.7. The second-order valence-electron chi connectivity index (χ2n) is 7.51. The smallest absolute Gasteiger partial charge is 0.344 e. The number of aromatic nitrogens is 5. The number of amides is 1. The number of hydrogen-bond donors (Lipinski definition) is 2. The summed E-state index contributed by atoms with van der Waals surface area (Å²) in [6.45, 7) is -0.0611. The van der Waals surface area contributed by atoms with Gasteiger partial charge in [-0.05, 0) is 35.4 Å². The Morgan fingerprint density at radius 3 is 2.52 bits per heavy atom. The van der Waals surface area contributed by atoms with Crippen LogP contribution in [0.4, 0.5) is 13.2 Å². The number of carbonyl (C=O) groups excluding carboxylic acids is 1. The predicted octanol–water partition coefficient (Wildman–Crippen LogP) is 4.23. The lowest BCUT2D eigenvalue weighted by atomic mass is 9.98. The maximum Gasteiger partial charge on any atom is 0.449 e. The van der Waals surface area contributed by atoms with Crippen molar-refractivity contribution in [2.24, 2.45) is 0 Å².